The van der Waals surface area contributed by atoms with Gasteiger partial charge in [0.15, 0.2) is 0 Å². The third-order valence-corrected chi connectivity index (χ3v) is 8.54. The molecule has 1 N–H and O–H groups in total. The van der Waals surface area contributed by atoms with Crippen LogP contribution in [0.15, 0.2) is 11.6 Å². The summed E-state index contributed by atoms with van der Waals surface area (Å²) in [7, 11) is 0. The average molecular weight is 405 g/mol. The first-order chi connectivity index (χ1) is 20.3. The zero-order valence-corrected chi connectivity index (χ0v) is 17.0. The van der Waals surface area contributed by atoms with Crippen LogP contribution in [0.25, 0.3) is 0 Å². The lowest BCUT2D eigenvalue weighted by Crippen LogP contribution is -2.50. The second kappa shape index (κ2) is 7.75. The third-order valence-electron chi connectivity index (χ3n) is 8.54. The van der Waals surface area contributed by atoms with Crippen LogP contribution in [-0.4, -0.2) is 11.2 Å². The highest BCUT2D eigenvalue weighted by Gasteiger charge is 2.59. The minimum atomic E-state index is -4.41. The van der Waals surface area contributed by atoms with Crippen molar-refractivity contribution in [3.8, 4) is 0 Å². The van der Waals surface area contributed by atoms with Crippen LogP contribution in [0.3, 0.4) is 0 Å². The topological polar surface area (TPSA) is 20.2 Å². The zero-order valence-electron chi connectivity index (χ0n) is 35.0. The maximum Gasteiger partial charge on any atom is 0.0577 e. The predicted molar refractivity (Wildman–Crippen MR) is 119 cm³/mol. The predicted octanol–water partition coefficient (Wildman–Crippen LogP) is 7.39. The molecule has 0 aromatic heterocycles. The molecule has 0 heterocycles. The van der Waals surface area contributed by atoms with E-state index in [0.29, 0.717) is 25.7 Å². The number of aliphatic hydroxyl groups is 1. The number of fused-ring (bicyclic) bond motifs is 5. The van der Waals surface area contributed by atoms with E-state index in [4.69, 9.17) is 21.9 Å². The number of allylic oxidation sites excluding steroid dienone is 1. The van der Waals surface area contributed by atoms with E-state index in [2.05, 4.69) is 13.0 Å². The average Bonchev–Trinajstić information content (AvgIpc) is 3.17. The van der Waals surface area contributed by atoms with Gasteiger partial charge in [-0.3, -0.25) is 0 Å². The van der Waals surface area contributed by atoms with Gasteiger partial charge in [-0.25, -0.2) is 0 Å². The first-order valence-corrected chi connectivity index (χ1v) is 10.7. The van der Waals surface area contributed by atoms with Gasteiger partial charge in [-0.15, -0.1) is 0 Å². The van der Waals surface area contributed by atoms with Crippen molar-refractivity contribution in [2.75, 3.05) is 0 Å². The Labute approximate surface area is 200 Å². The number of rotatable bonds is 5. The first-order valence-electron chi connectivity index (χ1n) is 19.7. The van der Waals surface area contributed by atoms with Crippen molar-refractivity contribution in [3.05, 3.63) is 11.6 Å². The van der Waals surface area contributed by atoms with Crippen molar-refractivity contribution < 1.29 is 29.8 Å². The molecule has 0 bridgehead atoms. The van der Waals surface area contributed by atoms with E-state index in [1.54, 1.807) is 6.92 Å². The van der Waals surface area contributed by atoms with Crippen LogP contribution < -0.4 is 0 Å². The molecule has 0 radical (unpaired) electrons. The van der Waals surface area contributed by atoms with Crippen LogP contribution in [-0.2, 0) is 0 Å². The molecule has 0 amide bonds. The Bertz CT molecular complexity index is 1220. The monoisotopic (exact) mass is 404 g/mol. The van der Waals surface area contributed by atoms with Gasteiger partial charge < -0.3 is 5.11 Å². The van der Waals surface area contributed by atoms with Gasteiger partial charge >= 0.3 is 0 Å². The summed E-state index contributed by atoms with van der Waals surface area (Å²) in [6.45, 7) is -8.06. The summed E-state index contributed by atoms with van der Waals surface area (Å²) in [5.41, 5.74) is -0.441. The summed E-state index contributed by atoms with van der Waals surface area (Å²) in [5, 5.41) is 10.3. The van der Waals surface area contributed by atoms with Crippen LogP contribution >= 0.6 is 0 Å². The Morgan fingerprint density at radius 2 is 2.04 bits per heavy atom. The molecule has 0 aromatic carbocycles. The lowest BCUT2D eigenvalue weighted by Gasteiger charge is -2.58. The van der Waals surface area contributed by atoms with E-state index in [1.165, 1.54) is 0 Å². The minimum absolute atomic E-state index is 0.0723. The fraction of sp³-hybridized carbons (Fsp3) is 0.926. The van der Waals surface area contributed by atoms with Gasteiger partial charge in [0.1, 0.15) is 0 Å². The van der Waals surface area contributed by atoms with E-state index in [9.17, 15) is 7.85 Å². The van der Waals surface area contributed by atoms with Crippen LogP contribution in [0.5, 0.6) is 0 Å². The summed E-state index contributed by atoms with van der Waals surface area (Å²) in [6, 6.07) is 0. The van der Waals surface area contributed by atoms with E-state index < -0.39 is 68.9 Å². The Hall–Kier alpha value is -0.300. The smallest absolute Gasteiger partial charge is 0.0577 e. The Balaban J connectivity index is 1.88. The molecule has 3 saturated carbocycles. The van der Waals surface area contributed by atoms with E-state index >= 15 is 0 Å². The van der Waals surface area contributed by atoms with Crippen molar-refractivity contribution >= 4 is 0 Å². The van der Waals surface area contributed by atoms with Crippen LogP contribution in [0, 0.1) is 46.3 Å². The molecule has 1 nitrogen and oxygen atoms in total. The van der Waals surface area contributed by atoms with Gasteiger partial charge in [0.05, 0.1) is 6.10 Å². The molecular formula is C27H46O. The van der Waals surface area contributed by atoms with Crippen molar-refractivity contribution in [2.45, 2.75) is 111 Å². The molecule has 0 aromatic rings. The third kappa shape index (κ3) is 3.42. The molecule has 1 heteroatoms. The summed E-state index contributed by atoms with van der Waals surface area (Å²) in [6.07, 6.45) is -8.25. The van der Waals surface area contributed by atoms with Gasteiger partial charge in [-0.05, 0) is 97.6 Å². The van der Waals surface area contributed by atoms with Crippen molar-refractivity contribution in [3.63, 3.8) is 0 Å². The quantitative estimate of drug-likeness (QED) is 0.473. The van der Waals surface area contributed by atoms with E-state index in [0.717, 1.165) is 12.0 Å². The molecule has 3 fully saturated rings. The van der Waals surface area contributed by atoms with Gasteiger partial charge in [-0.2, -0.15) is 0 Å². The van der Waals surface area contributed by atoms with E-state index in [-0.39, 0.29) is 42.4 Å². The van der Waals surface area contributed by atoms with Crippen molar-refractivity contribution in [1.29, 1.82) is 0 Å². The summed E-state index contributed by atoms with van der Waals surface area (Å²) < 4.78 is 152. The normalized spacial score (nSPS) is 63.0. The van der Waals surface area contributed by atoms with Crippen molar-refractivity contribution in [2.24, 2.45) is 46.3 Å². The molecule has 8 atom stereocenters. The molecule has 4 aliphatic carbocycles. The number of hydrogen-bond donors (Lipinski definition) is 1. The molecule has 0 unspecified atom stereocenters. The SMILES string of the molecule is [2H]C([2H])([2H])C([2H])(C([2H])([2H])[2H])C([2H])([2H])C([2H])([2H])C([2H])([2H])[C@@]([2H])(C([2H])([2H])[2H])[C@@]1([2H])CC[C@H]2[C@@H]3CC=C4C[C@@H](O)CC[C@]4(C)[C@H]3CC[C@@]21C. The molecule has 0 saturated heterocycles. The fourth-order valence-corrected chi connectivity index (χ4v) is 7.10. The highest BCUT2D eigenvalue weighted by molar-refractivity contribution is 5.25. The highest BCUT2D eigenvalue weighted by Crippen LogP contribution is 2.67. The standard InChI is InChI=1S/C27H46O/c1-18(2)7-6-8-19(3)23-11-12-24-22-10-9-20-17-21(28)13-15-26(20,4)25(22)14-16-27(23,24)5/h9,18-19,21-25,28H,6-8,10-17H2,1-5H3/t19-,21+,22+,23-,24+,25+,26+,27-/m1/s1/i1D3,2D3,3D3,6D2,7D2,8D2,18D,19D,23D. The van der Waals surface area contributed by atoms with E-state index in [1.807, 2.05) is 0 Å². The molecule has 0 spiro atoms. The molecular weight excluding hydrogens is 340 g/mol. The van der Waals surface area contributed by atoms with Crippen LogP contribution in [0.2, 0.25) is 0 Å². The van der Waals surface area contributed by atoms with Gasteiger partial charge in [0.25, 0.3) is 0 Å². The van der Waals surface area contributed by atoms with Crippen LogP contribution in [0.1, 0.15) is 130 Å². The summed E-state index contributed by atoms with van der Waals surface area (Å²) in [5.74, 6) is -10.9. The van der Waals surface area contributed by atoms with Gasteiger partial charge in [0.2, 0.25) is 0 Å². The van der Waals surface area contributed by atoms with Crippen LogP contribution in [0.4, 0.5) is 0 Å². The van der Waals surface area contributed by atoms with Gasteiger partial charge in [0, 0.05) is 24.7 Å². The Morgan fingerprint density at radius 3 is 2.82 bits per heavy atom. The molecule has 4 rings (SSSR count). The maximum atomic E-state index is 10.3. The fourth-order valence-electron chi connectivity index (χ4n) is 7.10. The zero-order chi connectivity index (χ0) is 35.8. The second-order valence-electron chi connectivity index (χ2n) is 9.75. The summed E-state index contributed by atoms with van der Waals surface area (Å²) >= 11 is 0. The Kier molecular flexibility index (Phi) is 2.30. The molecule has 160 valence electrons. The highest BCUT2D eigenvalue weighted by atomic mass is 16.3. The van der Waals surface area contributed by atoms with Gasteiger partial charge in [-0.1, -0.05) is 65.2 Å². The first kappa shape index (κ1) is 8.33. The lowest BCUT2D eigenvalue weighted by atomic mass is 9.47. The summed E-state index contributed by atoms with van der Waals surface area (Å²) in [4.78, 5) is 0. The maximum absolute atomic E-state index is 10.3. The van der Waals surface area contributed by atoms with Crippen molar-refractivity contribution in [1.82, 2.24) is 0 Å². The number of hydrogen-bond acceptors (Lipinski definition) is 1. The second-order valence-corrected chi connectivity index (χ2v) is 9.75. The molecule has 4 aliphatic rings. The molecule has 0 aliphatic heterocycles. The number of aliphatic hydroxyl groups excluding tert-OH is 1. The molecule has 28 heavy (non-hydrogen) atoms. The Morgan fingerprint density at radius 1 is 1.18 bits per heavy atom. The largest absolute Gasteiger partial charge is 0.393 e. The lowest BCUT2D eigenvalue weighted by molar-refractivity contribution is -0.0573. The minimum Gasteiger partial charge on any atom is -0.393 e.